The van der Waals surface area contributed by atoms with E-state index in [-0.39, 0.29) is 69.0 Å². The molecule has 0 spiro atoms. The third kappa shape index (κ3) is 20.1. The van der Waals surface area contributed by atoms with Crippen molar-refractivity contribution in [3.8, 4) is 0 Å². The number of hydrogen-bond acceptors (Lipinski definition) is 9. The van der Waals surface area contributed by atoms with Crippen LogP contribution in [0.4, 0.5) is 0 Å². The minimum atomic E-state index is -1.22. The van der Waals surface area contributed by atoms with Crippen LogP contribution in [0, 0.1) is 0 Å². The van der Waals surface area contributed by atoms with Gasteiger partial charge in [-0.25, -0.2) is 9.59 Å². The molecule has 0 aliphatic carbocycles. The second-order valence-electron chi connectivity index (χ2n) is 8.38. The van der Waals surface area contributed by atoms with Crippen LogP contribution in [0.2, 0.25) is 0 Å². The van der Waals surface area contributed by atoms with Crippen molar-refractivity contribution in [3.63, 3.8) is 0 Å². The fourth-order valence-corrected chi connectivity index (χ4v) is 3.31. The maximum Gasteiger partial charge on any atom is 1.00 e. The maximum atomic E-state index is 11.2. The number of esters is 2. The summed E-state index contributed by atoms with van der Waals surface area (Å²) < 4.78 is 12.9. The number of carbonyl (C=O) groups is 3. The Labute approximate surface area is 299 Å². The zero-order chi connectivity index (χ0) is 30.9. The van der Waals surface area contributed by atoms with Gasteiger partial charge in [-0.15, -0.1) is 0 Å². The second-order valence-corrected chi connectivity index (χ2v) is 9.17. The Bertz CT molecular complexity index is 1090. The first-order chi connectivity index (χ1) is 19.8. The molecule has 14 heteroatoms. The van der Waals surface area contributed by atoms with Crippen LogP contribution in [0.1, 0.15) is 105 Å². The van der Waals surface area contributed by atoms with E-state index in [1.807, 2.05) is 6.20 Å². The molecule has 3 heterocycles. The van der Waals surface area contributed by atoms with Crippen molar-refractivity contribution in [1.82, 2.24) is 29.8 Å². The molecular formula is C28H44BrKN6O6. The minimum absolute atomic E-state index is 0. The number of carbonyl (C=O) groups excluding carboxylic acids is 3. The predicted octanol–water partition coefficient (Wildman–Crippen LogP) is 1.68. The summed E-state index contributed by atoms with van der Waals surface area (Å²) in [5.41, 5.74) is 0.788. The molecule has 0 bridgehead atoms. The number of unbranched alkanes of at least 4 members (excludes halogenated alkanes) is 3. The summed E-state index contributed by atoms with van der Waals surface area (Å²) in [5.74, 6) is -1.92. The maximum absolute atomic E-state index is 11.2. The monoisotopic (exact) mass is 678 g/mol. The molecule has 0 atom stereocenters. The van der Waals surface area contributed by atoms with Crippen molar-refractivity contribution in [1.29, 1.82) is 0 Å². The molecule has 3 rings (SSSR count). The van der Waals surface area contributed by atoms with Gasteiger partial charge in [0, 0.05) is 37.0 Å². The molecule has 230 valence electrons. The van der Waals surface area contributed by atoms with Crippen molar-refractivity contribution >= 4 is 33.8 Å². The van der Waals surface area contributed by atoms with Crippen LogP contribution >= 0.6 is 15.9 Å². The first kappa shape index (κ1) is 42.3. The van der Waals surface area contributed by atoms with Gasteiger partial charge >= 0.3 is 63.3 Å². The number of carboxylic acids is 1. The molecule has 0 aliphatic rings. The zero-order valence-electron chi connectivity index (χ0n) is 25.8. The standard InChI is InChI=1S/C10H16N2O2.C8H12N2O2.C6H8N2O2.C4H9Br.K/c1-3-5-7-12-8-6-9(11-12)10(13)14-4-2;1-2-3-5-10-6-4-7(9-10)8(11)12;1-2-10-6(9)5-3-4-7-8-5;1-2-3-4-5;/h6,8H,3-5,7H2,1-2H3;4,6H,2-3,5H2,1H3,(H,11,12);3-4H,2H2,1H3,(H,7,8);2-4H2,1H3;/q;;;;+1/p-1. The third-order valence-corrected chi connectivity index (χ3v) is 5.50. The molecule has 12 nitrogen and oxygen atoms in total. The van der Waals surface area contributed by atoms with Gasteiger partial charge < -0.3 is 19.4 Å². The normalized spacial score (nSPS) is 9.48. The molecule has 0 aliphatic heterocycles. The number of aromatic carboxylic acids is 1. The van der Waals surface area contributed by atoms with Gasteiger partial charge in [-0.3, -0.25) is 14.5 Å². The number of alkyl halides is 1. The summed E-state index contributed by atoms with van der Waals surface area (Å²) in [6.45, 7) is 12.3. The first-order valence-corrected chi connectivity index (χ1v) is 15.1. The van der Waals surface area contributed by atoms with Gasteiger partial charge in [0.15, 0.2) is 5.69 Å². The minimum Gasteiger partial charge on any atom is -0.543 e. The third-order valence-electron chi connectivity index (χ3n) is 4.94. The molecular weight excluding hydrogens is 635 g/mol. The molecule has 3 aromatic heterocycles. The Morgan fingerprint density at radius 1 is 0.810 bits per heavy atom. The van der Waals surface area contributed by atoms with E-state index in [2.05, 4.69) is 61.8 Å². The number of halogens is 1. The molecule has 3 aromatic rings. The molecule has 0 amide bonds. The number of aromatic nitrogens is 6. The zero-order valence-corrected chi connectivity index (χ0v) is 30.5. The van der Waals surface area contributed by atoms with Gasteiger partial charge in [-0.2, -0.15) is 15.3 Å². The van der Waals surface area contributed by atoms with Crippen LogP contribution in [0.3, 0.4) is 0 Å². The average molecular weight is 680 g/mol. The fourth-order valence-electron chi connectivity index (χ4n) is 2.75. The summed E-state index contributed by atoms with van der Waals surface area (Å²) in [6.07, 6.45) is 11.8. The predicted molar refractivity (Wildman–Crippen MR) is 158 cm³/mol. The molecule has 42 heavy (non-hydrogen) atoms. The number of ether oxygens (including phenoxy) is 2. The largest absolute Gasteiger partial charge is 1.00 e. The van der Waals surface area contributed by atoms with Crippen molar-refractivity contribution in [2.75, 3.05) is 18.5 Å². The molecule has 0 unspecified atom stereocenters. The van der Waals surface area contributed by atoms with Crippen molar-refractivity contribution in [3.05, 3.63) is 53.9 Å². The Kier molecular flexibility index (Phi) is 28.1. The van der Waals surface area contributed by atoms with E-state index >= 15 is 0 Å². The second kappa shape index (κ2) is 28.0. The smallest absolute Gasteiger partial charge is 0.543 e. The number of hydrogen-bond donors (Lipinski definition) is 1. The van der Waals surface area contributed by atoms with E-state index in [9.17, 15) is 19.5 Å². The molecule has 0 aromatic carbocycles. The molecule has 0 radical (unpaired) electrons. The van der Waals surface area contributed by atoms with Gasteiger partial charge in [-0.05, 0) is 51.3 Å². The summed E-state index contributed by atoms with van der Waals surface area (Å²) >= 11 is 3.31. The van der Waals surface area contributed by atoms with Crippen LogP contribution in [0.15, 0.2) is 36.8 Å². The molecule has 0 fully saturated rings. The van der Waals surface area contributed by atoms with Crippen LogP contribution in [0.25, 0.3) is 0 Å². The first-order valence-electron chi connectivity index (χ1n) is 13.9. The fraction of sp³-hybridized carbons (Fsp3) is 0.571. The van der Waals surface area contributed by atoms with Crippen molar-refractivity contribution in [2.45, 2.75) is 86.2 Å². The summed E-state index contributed by atoms with van der Waals surface area (Å²) in [6, 6.07) is 4.70. The van der Waals surface area contributed by atoms with Crippen LogP contribution in [-0.2, 0) is 22.6 Å². The van der Waals surface area contributed by atoms with Gasteiger partial charge in [0.05, 0.1) is 19.2 Å². The van der Waals surface area contributed by atoms with Gasteiger partial charge in [0.1, 0.15) is 11.4 Å². The Morgan fingerprint density at radius 3 is 1.69 bits per heavy atom. The van der Waals surface area contributed by atoms with E-state index in [0.29, 0.717) is 24.6 Å². The van der Waals surface area contributed by atoms with E-state index < -0.39 is 5.97 Å². The van der Waals surface area contributed by atoms with E-state index in [1.54, 1.807) is 41.5 Å². The van der Waals surface area contributed by atoms with E-state index in [4.69, 9.17) is 4.74 Å². The van der Waals surface area contributed by atoms with Crippen LogP contribution in [-0.4, -0.2) is 66.2 Å². The number of nitrogens with one attached hydrogen (secondary N) is 1. The Morgan fingerprint density at radius 2 is 1.31 bits per heavy atom. The summed E-state index contributed by atoms with van der Waals surface area (Å²) in [7, 11) is 0. The van der Waals surface area contributed by atoms with E-state index in [1.165, 1.54) is 25.1 Å². The SMILES string of the molecule is CCCCBr.CCCCn1ccc(C(=O)OCC)n1.CCCCn1ccc(C(=O)[O-])n1.CCOC(=O)c1ccn[nH]1.[K+]. The topological polar surface area (TPSA) is 157 Å². The molecule has 1 N–H and O–H groups in total. The number of aromatic amines is 1. The molecule has 0 saturated carbocycles. The van der Waals surface area contributed by atoms with Crippen molar-refractivity contribution in [2.24, 2.45) is 0 Å². The van der Waals surface area contributed by atoms with Gasteiger partial charge in [0.2, 0.25) is 0 Å². The summed E-state index contributed by atoms with van der Waals surface area (Å²) in [4.78, 5) is 32.3. The van der Waals surface area contributed by atoms with Crippen LogP contribution < -0.4 is 56.5 Å². The average Bonchev–Trinajstić information content (AvgIpc) is 3.75. The number of rotatable bonds is 13. The van der Waals surface area contributed by atoms with Gasteiger partial charge in [0.25, 0.3) is 0 Å². The number of H-pyrrole nitrogens is 1. The summed E-state index contributed by atoms with van der Waals surface area (Å²) in [5, 5.41) is 25.5. The Hall–Kier alpha value is -1.84. The van der Waals surface area contributed by atoms with Gasteiger partial charge in [-0.1, -0.05) is 56.0 Å². The quantitative estimate of drug-likeness (QED) is 0.161. The number of nitrogens with zero attached hydrogens (tertiary/aromatic N) is 5. The van der Waals surface area contributed by atoms with Crippen LogP contribution in [0.5, 0.6) is 0 Å². The number of carboxylic acid groups (broad SMARTS) is 1. The number of aryl methyl sites for hydroxylation is 2. The Balaban J connectivity index is 0. The van der Waals surface area contributed by atoms with E-state index in [0.717, 1.165) is 44.1 Å². The van der Waals surface area contributed by atoms with Crippen molar-refractivity contribution < 1.29 is 80.3 Å². The molecule has 0 saturated heterocycles.